The molecule has 7 heteroatoms. The molecule has 0 saturated heterocycles. The minimum atomic E-state index is -3.75. The van der Waals surface area contributed by atoms with E-state index in [4.69, 9.17) is 11.6 Å². The Bertz CT molecular complexity index is 1110. The van der Waals surface area contributed by atoms with Crippen LogP contribution < -0.4 is 9.62 Å². The average molecular weight is 441 g/mol. The summed E-state index contributed by atoms with van der Waals surface area (Å²) in [5, 5.41) is 3.47. The summed E-state index contributed by atoms with van der Waals surface area (Å²) in [6.45, 7) is 4.13. The number of anilines is 1. The second-order valence-electron chi connectivity index (χ2n) is 6.49. The molecule has 0 saturated carbocycles. The van der Waals surface area contributed by atoms with Crippen LogP contribution in [0.5, 0.6) is 0 Å². The van der Waals surface area contributed by atoms with Crippen molar-refractivity contribution in [3.63, 3.8) is 0 Å². The standard InChI is InChI=1S/C23H21ClN2O3S/c1-2-16-26(30(28,29)22-6-4-3-5-7-22)21-14-10-19(11-15-21)23(27)25-17-18-8-12-20(24)13-9-18/h2-15H,1,16-17H2,(H,25,27). The lowest BCUT2D eigenvalue weighted by Crippen LogP contribution is -2.31. The molecule has 0 aliphatic heterocycles. The molecule has 0 atom stereocenters. The van der Waals surface area contributed by atoms with Gasteiger partial charge < -0.3 is 5.32 Å². The number of hydrogen-bond acceptors (Lipinski definition) is 3. The molecule has 30 heavy (non-hydrogen) atoms. The second kappa shape index (κ2) is 9.61. The van der Waals surface area contributed by atoms with Crippen molar-refractivity contribution in [3.8, 4) is 0 Å². The lowest BCUT2D eigenvalue weighted by Gasteiger charge is -2.23. The van der Waals surface area contributed by atoms with Crippen LogP contribution in [-0.2, 0) is 16.6 Å². The van der Waals surface area contributed by atoms with E-state index in [1.54, 1.807) is 66.7 Å². The molecule has 0 spiro atoms. The molecule has 0 fully saturated rings. The first-order valence-electron chi connectivity index (χ1n) is 9.23. The number of carbonyl (C=O) groups excluding carboxylic acids is 1. The number of amides is 1. The quantitative estimate of drug-likeness (QED) is 0.518. The van der Waals surface area contributed by atoms with Crippen molar-refractivity contribution < 1.29 is 13.2 Å². The zero-order chi connectivity index (χ0) is 21.6. The summed E-state index contributed by atoms with van der Waals surface area (Å²) in [6, 6.07) is 21.8. The number of carbonyl (C=O) groups is 1. The Morgan fingerprint density at radius 1 is 0.967 bits per heavy atom. The third-order valence-electron chi connectivity index (χ3n) is 4.41. The van der Waals surface area contributed by atoms with Crippen molar-refractivity contribution in [2.24, 2.45) is 0 Å². The average Bonchev–Trinajstić information content (AvgIpc) is 2.77. The summed E-state index contributed by atoms with van der Waals surface area (Å²) in [4.78, 5) is 12.6. The highest BCUT2D eigenvalue weighted by atomic mass is 35.5. The normalized spacial score (nSPS) is 11.0. The molecule has 1 N–H and O–H groups in total. The molecule has 0 aromatic heterocycles. The first-order chi connectivity index (χ1) is 14.4. The maximum absolute atomic E-state index is 13.0. The summed E-state index contributed by atoms with van der Waals surface area (Å²) < 4.78 is 27.3. The molecule has 3 aromatic carbocycles. The Kier molecular flexibility index (Phi) is 6.92. The SMILES string of the molecule is C=CCN(c1ccc(C(=O)NCc2ccc(Cl)cc2)cc1)S(=O)(=O)c1ccccc1. The van der Waals surface area contributed by atoms with Crippen LogP contribution in [0.1, 0.15) is 15.9 Å². The van der Waals surface area contributed by atoms with E-state index in [2.05, 4.69) is 11.9 Å². The van der Waals surface area contributed by atoms with Crippen molar-refractivity contribution in [3.05, 3.63) is 108 Å². The Morgan fingerprint density at radius 3 is 2.20 bits per heavy atom. The van der Waals surface area contributed by atoms with Crippen LogP contribution >= 0.6 is 11.6 Å². The van der Waals surface area contributed by atoms with Crippen LogP contribution in [-0.4, -0.2) is 20.9 Å². The summed E-state index contributed by atoms with van der Waals surface area (Å²) >= 11 is 5.86. The lowest BCUT2D eigenvalue weighted by atomic mass is 10.1. The summed E-state index contributed by atoms with van der Waals surface area (Å²) in [5.74, 6) is -0.252. The van der Waals surface area contributed by atoms with Crippen molar-refractivity contribution in [2.45, 2.75) is 11.4 Å². The molecule has 1 amide bonds. The Morgan fingerprint density at radius 2 is 1.60 bits per heavy atom. The molecular formula is C23H21ClN2O3S. The van der Waals surface area contributed by atoms with Gasteiger partial charge in [-0.2, -0.15) is 0 Å². The van der Waals surface area contributed by atoms with E-state index in [1.807, 2.05) is 12.1 Å². The molecule has 3 aromatic rings. The van der Waals surface area contributed by atoms with Gasteiger partial charge in [-0.05, 0) is 54.1 Å². The largest absolute Gasteiger partial charge is 0.348 e. The molecule has 3 rings (SSSR count). The minimum Gasteiger partial charge on any atom is -0.348 e. The number of nitrogens with one attached hydrogen (secondary N) is 1. The molecule has 0 radical (unpaired) electrons. The van der Waals surface area contributed by atoms with Gasteiger partial charge in [0.15, 0.2) is 0 Å². The Balaban J connectivity index is 1.76. The summed E-state index contributed by atoms with van der Waals surface area (Å²) in [7, 11) is -3.75. The van der Waals surface area contributed by atoms with Crippen LogP contribution in [0.2, 0.25) is 5.02 Å². The van der Waals surface area contributed by atoms with E-state index >= 15 is 0 Å². The summed E-state index contributed by atoms with van der Waals surface area (Å²) in [6.07, 6.45) is 1.52. The maximum atomic E-state index is 13.0. The van der Waals surface area contributed by atoms with Gasteiger partial charge in [0.1, 0.15) is 0 Å². The maximum Gasteiger partial charge on any atom is 0.264 e. The van der Waals surface area contributed by atoms with Crippen molar-refractivity contribution in [2.75, 3.05) is 10.8 Å². The van der Waals surface area contributed by atoms with Gasteiger partial charge in [-0.3, -0.25) is 9.10 Å². The van der Waals surface area contributed by atoms with Crippen LogP contribution in [0.4, 0.5) is 5.69 Å². The number of sulfonamides is 1. The smallest absolute Gasteiger partial charge is 0.264 e. The number of rotatable bonds is 8. The van der Waals surface area contributed by atoms with E-state index in [1.165, 1.54) is 10.4 Å². The highest BCUT2D eigenvalue weighted by Crippen LogP contribution is 2.24. The number of benzene rings is 3. The fraction of sp³-hybridized carbons (Fsp3) is 0.0870. The highest BCUT2D eigenvalue weighted by Gasteiger charge is 2.23. The third kappa shape index (κ3) is 5.09. The predicted octanol–water partition coefficient (Wildman–Crippen LogP) is 4.65. The van der Waals surface area contributed by atoms with Gasteiger partial charge in [0.25, 0.3) is 15.9 Å². The molecule has 154 valence electrons. The molecular weight excluding hydrogens is 420 g/mol. The van der Waals surface area contributed by atoms with Crippen molar-refractivity contribution >= 4 is 33.2 Å². The van der Waals surface area contributed by atoms with Crippen LogP contribution in [0.25, 0.3) is 0 Å². The number of hydrogen-bond donors (Lipinski definition) is 1. The Hall–Kier alpha value is -3.09. The first kappa shape index (κ1) is 21.6. The molecule has 0 heterocycles. The third-order valence-corrected chi connectivity index (χ3v) is 6.47. The van der Waals surface area contributed by atoms with E-state index in [0.717, 1.165) is 5.56 Å². The van der Waals surface area contributed by atoms with Gasteiger partial charge in [-0.25, -0.2) is 8.42 Å². The fourth-order valence-corrected chi connectivity index (χ4v) is 4.43. The molecule has 0 aliphatic carbocycles. The van der Waals surface area contributed by atoms with E-state index in [0.29, 0.717) is 22.8 Å². The lowest BCUT2D eigenvalue weighted by molar-refractivity contribution is 0.0951. The van der Waals surface area contributed by atoms with Crippen molar-refractivity contribution in [1.29, 1.82) is 0 Å². The van der Waals surface area contributed by atoms with Crippen molar-refractivity contribution in [1.82, 2.24) is 5.32 Å². The van der Waals surface area contributed by atoms with Gasteiger partial charge in [0, 0.05) is 17.1 Å². The summed E-state index contributed by atoms with van der Waals surface area (Å²) in [5.41, 5.74) is 1.81. The highest BCUT2D eigenvalue weighted by molar-refractivity contribution is 7.92. The van der Waals surface area contributed by atoms with E-state index in [9.17, 15) is 13.2 Å². The van der Waals surface area contributed by atoms with Gasteiger partial charge in [0.2, 0.25) is 0 Å². The predicted molar refractivity (Wildman–Crippen MR) is 120 cm³/mol. The van der Waals surface area contributed by atoms with Crippen LogP contribution in [0, 0.1) is 0 Å². The van der Waals surface area contributed by atoms with E-state index in [-0.39, 0.29) is 17.3 Å². The van der Waals surface area contributed by atoms with Gasteiger partial charge in [-0.15, -0.1) is 6.58 Å². The fourth-order valence-electron chi connectivity index (χ4n) is 2.84. The van der Waals surface area contributed by atoms with Gasteiger partial charge in [-0.1, -0.05) is 48.0 Å². The van der Waals surface area contributed by atoms with Crippen LogP contribution in [0.15, 0.2) is 96.4 Å². The zero-order valence-corrected chi connectivity index (χ0v) is 17.7. The molecule has 0 unspecified atom stereocenters. The van der Waals surface area contributed by atoms with Gasteiger partial charge >= 0.3 is 0 Å². The minimum absolute atomic E-state index is 0.110. The van der Waals surface area contributed by atoms with Gasteiger partial charge in [0.05, 0.1) is 17.1 Å². The first-order valence-corrected chi connectivity index (χ1v) is 11.0. The molecule has 5 nitrogen and oxygen atoms in total. The topological polar surface area (TPSA) is 66.5 Å². The number of halogens is 1. The van der Waals surface area contributed by atoms with Crippen LogP contribution in [0.3, 0.4) is 0 Å². The number of nitrogens with zero attached hydrogens (tertiary/aromatic N) is 1. The molecule has 0 bridgehead atoms. The van der Waals surface area contributed by atoms with E-state index < -0.39 is 10.0 Å². The zero-order valence-electron chi connectivity index (χ0n) is 16.2. The monoisotopic (exact) mass is 440 g/mol. The Labute approximate surface area is 181 Å². The second-order valence-corrected chi connectivity index (χ2v) is 8.79. The molecule has 0 aliphatic rings.